The molecule has 1 N–H and O–H groups in total. The molecule has 2 aromatic carbocycles. The molecule has 7 heteroatoms. The molecule has 0 radical (unpaired) electrons. The normalized spacial score (nSPS) is 19.0. The summed E-state index contributed by atoms with van der Waals surface area (Å²) in [7, 11) is 3.06. The molecule has 1 aliphatic heterocycles. The second-order valence-corrected chi connectivity index (χ2v) is 7.71. The Morgan fingerprint density at radius 1 is 1.14 bits per heavy atom. The van der Waals surface area contributed by atoms with Crippen molar-refractivity contribution in [3.05, 3.63) is 57.6 Å². The van der Waals surface area contributed by atoms with Crippen molar-refractivity contribution in [2.75, 3.05) is 33.9 Å². The van der Waals surface area contributed by atoms with Crippen molar-refractivity contribution in [3.63, 3.8) is 0 Å². The maximum Gasteiger partial charge on any atom is 0.261 e. The Morgan fingerprint density at radius 3 is 2.39 bits per heavy atom. The third-order valence-electron chi connectivity index (χ3n) is 5.41. The average molecular weight is 424 g/mol. The first-order valence-electron chi connectivity index (χ1n) is 9.02. The largest absolute Gasteiger partial charge is 0.496 e. The lowest BCUT2D eigenvalue weighted by Crippen LogP contribution is -2.35. The van der Waals surface area contributed by atoms with Crippen LogP contribution in [0.4, 0.5) is 0 Å². The smallest absolute Gasteiger partial charge is 0.261 e. The van der Waals surface area contributed by atoms with Crippen LogP contribution in [0.1, 0.15) is 28.8 Å². The van der Waals surface area contributed by atoms with E-state index in [1.165, 1.54) is 14.2 Å². The quantitative estimate of drug-likeness (QED) is 0.756. The minimum atomic E-state index is -0.381. The van der Waals surface area contributed by atoms with Crippen molar-refractivity contribution >= 4 is 29.1 Å². The number of hydrogen-bond donors (Lipinski definition) is 1. The predicted molar refractivity (Wildman–Crippen MR) is 110 cm³/mol. The molecule has 1 heterocycles. The lowest BCUT2D eigenvalue weighted by Gasteiger charge is -2.30. The van der Waals surface area contributed by atoms with E-state index in [2.05, 4.69) is 0 Å². The van der Waals surface area contributed by atoms with Crippen LogP contribution in [0.3, 0.4) is 0 Å². The van der Waals surface area contributed by atoms with Crippen LogP contribution >= 0.6 is 23.2 Å². The van der Waals surface area contributed by atoms with E-state index in [-0.39, 0.29) is 17.9 Å². The van der Waals surface area contributed by atoms with Gasteiger partial charge in [-0.3, -0.25) is 4.79 Å². The number of methoxy groups -OCH3 is 2. The summed E-state index contributed by atoms with van der Waals surface area (Å²) in [6, 6.07) is 10.8. The number of halogens is 2. The number of nitrogens with zero attached hydrogens (tertiary/aromatic N) is 1. The summed E-state index contributed by atoms with van der Waals surface area (Å²) in [5.74, 6) is 0.784. The molecule has 1 fully saturated rings. The van der Waals surface area contributed by atoms with Crippen LogP contribution in [0.15, 0.2) is 36.4 Å². The van der Waals surface area contributed by atoms with Gasteiger partial charge < -0.3 is 19.5 Å². The third-order valence-corrected chi connectivity index (χ3v) is 6.14. The van der Waals surface area contributed by atoms with Crippen LogP contribution in [0.5, 0.6) is 11.5 Å². The molecule has 0 bridgehead atoms. The summed E-state index contributed by atoms with van der Waals surface area (Å²) >= 11 is 12.3. The van der Waals surface area contributed by atoms with Gasteiger partial charge in [-0.2, -0.15) is 0 Å². The Labute approximate surface area is 174 Å². The number of hydrogen-bond acceptors (Lipinski definition) is 4. The number of carbonyl (C=O) groups excluding carboxylic acids is 1. The van der Waals surface area contributed by atoms with Gasteiger partial charge in [0.05, 0.1) is 24.3 Å². The van der Waals surface area contributed by atoms with Gasteiger partial charge in [-0.1, -0.05) is 35.3 Å². The molecule has 1 amide bonds. The van der Waals surface area contributed by atoms with Crippen molar-refractivity contribution in [2.24, 2.45) is 0 Å². The van der Waals surface area contributed by atoms with E-state index in [1.807, 2.05) is 12.1 Å². The molecule has 0 aliphatic carbocycles. The fourth-order valence-electron chi connectivity index (χ4n) is 3.89. The zero-order valence-electron chi connectivity index (χ0n) is 15.9. The van der Waals surface area contributed by atoms with E-state index in [0.717, 1.165) is 5.56 Å². The molecule has 5 nitrogen and oxygen atoms in total. The Hall–Kier alpha value is -1.95. The lowest BCUT2D eigenvalue weighted by molar-refractivity contribution is 0.0772. The fourth-order valence-corrected chi connectivity index (χ4v) is 4.19. The average Bonchev–Trinajstić information content (AvgIpc) is 3.14. The highest BCUT2D eigenvalue weighted by molar-refractivity contribution is 6.42. The van der Waals surface area contributed by atoms with Gasteiger partial charge >= 0.3 is 0 Å². The van der Waals surface area contributed by atoms with E-state index in [4.69, 9.17) is 32.7 Å². The van der Waals surface area contributed by atoms with Gasteiger partial charge in [-0.25, -0.2) is 0 Å². The zero-order chi connectivity index (χ0) is 20.3. The molecule has 0 saturated carbocycles. The number of amides is 1. The zero-order valence-corrected chi connectivity index (χ0v) is 17.4. The number of rotatable bonds is 6. The van der Waals surface area contributed by atoms with E-state index in [9.17, 15) is 9.90 Å². The van der Waals surface area contributed by atoms with Gasteiger partial charge in [0, 0.05) is 25.1 Å². The van der Waals surface area contributed by atoms with Crippen LogP contribution in [0.2, 0.25) is 10.0 Å². The first kappa shape index (κ1) is 20.8. The van der Waals surface area contributed by atoms with E-state index >= 15 is 0 Å². The van der Waals surface area contributed by atoms with Crippen molar-refractivity contribution in [2.45, 2.75) is 18.3 Å². The number of ether oxygens (including phenoxy) is 2. The predicted octanol–water partition coefficient (Wildman–Crippen LogP) is 4.18. The highest BCUT2D eigenvalue weighted by atomic mass is 35.5. The summed E-state index contributed by atoms with van der Waals surface area (Å²) in [6.07, 6.45) is 1.24. The molecule has 3 rings (SSSR count). The number of aliphatic hydroxyl groups excluding tert-OH is 1. The SMILES string of the molecule is COc1cccc(OC)c1C(=O)N1CCC(CCO)(c2ccc(Cl)c(Cl)c2)C1. The van der Waals surface area contributed by atoms with Crippen LogP contribution in [0, 0.1) is 0 Å². The molecular weight excluding hydrogens is 401 g/mol. The topological polar surface area (TPSA) is 59.0 Å². The Balaban J connectivity index is 1.94. The minimum Gasteiger partial charge on any atom is -0.496 e. The van der Waals surface area contributed by atoms with Crippen LogP contribution in [-0.2, 0) is 5.41 Å². The second kappa shape index (κ2) is 8.60. The number of likely N-dealkylation sites (tertiary alicyclic amines) is 1. The van der Waals surface area contributed by atoms with Crippen LogP contribution in [-0.4, -0.2) is 49.8 Å². The van der Waals surface area contributed by atoms with Crippen molar-refractivity contribution < 1.29 is 19.4 Å². The number of carbonyl (C=O) groups is 1. The van der Waals surface area contributed by atoms with Gasteiger partial charge in [0.2, 0.25) is 0 Å². The molecular formula is C21H23Cl2NO4. The summed E-state index contributed by atoms with van der Waals surface area (Å²) in [5.41, 5.74) is 0.994. The standard InChI is InChI=1S/C21H23Cl2NO4/c1-27-17-4-3-5-18(28-2)19(17)20(26)24-10-8-21(13-24,9-11-25)14-6-7-15(22)16(23)12-14/h3-7,12,25H,8-11,13H2,1-2H3. The molecule has 1 atom stereocenters. The van der Waals surface area contributed by atoms with E-state index in [1.54, 1.807) is 29.2 Å². The maximum atomic E-state index is 13.3. The maximum absolute atomic E-state index is 13.3. The second-order valence-electron chi connectivity index (χ2n) is 6.90. The highest BCUT2D eigenvalue weighted by Gasteiger charge is 2.42. The lowest BCUT2D eigenvalue weighted by atomic mass is 9.77. The van der Waals surface area contributed by atoms with E-state index in [0.29, 0.717) is 53.0 Å². The third kappa shape index (κ3) is 3.79. The molecule has 1 unspecified atom stereocenters. The molecule has 1 aliphatic rings. The van der Waals surface area contributed by atoms with Gasteiger partial charge in [-0.15, -0.1) is 0 Å². The van der Waals surface area contributed by atoms with Crippen molar-refractivity contribution in [1.29, 1.82) is 0 Å². The first-order chi connectivity index (χ1) is 13.5. The van der Waals surface area contributed by atoms with Crippen LogP contribution in [0.25, 0.3) is 0 Å². The van der Waals surface area contributed by atoms with Gasteiger partial charge in [-0.05, 0) is 42.7 Å². The summed E-state index contributed by atoms with van der Waals surface area (Å²) < 4.78 is 10.8. The summed E-state index contributed by atoms with van der Waals surface area (Å²) in [6.45, 7) is 1.03. The Bertz CT molecular complexity index is 851. The summed E-state index contributed by atoms with van der Waals surface area (Å²) in [5, 5.41) is 10.6. The highest BCUT2D eigenvalue weighted by Crippen LogP contribution is 2.41. The summed E-state index contributed by atoms with van der Waals surface area (Å²) in [4.78, 5) is 15.1. The van der Waals surface area contributed by atoms with Crippen molar-refractivity contribution in [1.82, 2.24) is 4.90 Å². The Kier molecular flexibility index (Phi) is 6.38. The molecule has 1 saturated heterocycles. The number of aliphatic hydroxyl groups is 1. The molecule has 2 aromatic rings. The van der Waals surface area contributed by atoms with E-state index < -0.39 is 0 Å². The monoisotopic (exact) mass is 423 g/mol. The van der Waals surface area contributed by atoms with Gasteiger partial charge in [0.1, 0.15) is 17.1 Å². The molecule has 28 heavy (non-hydrogen) atoms. The molecule has 150 valence electrons. The molecule has 0 aromatic heterocycles. The van der Waals surface area contributed by atoms with Gasteiger partial charge in [0.15, 0.2) is 0 Å². The van der Waals surface area contributed by atoms with Gasteiger partial charge in [0.25, 0.3) is 5.91 Å². The molecule has 0 spiro atoms. The van der Waals surface area contributed by atoms with Crippen LogP contribution < -0.4 is 9.47 Å². The fraction of sp³-hybridized carbons (Fsp3) is 0.381. The number of benzene rings is 2. The minimum absolute atomic E-state index is 0.0141. The van der Waals surface area contributed by atoms with Crippen molar-refractivity contribution in [3.8, 4) is 11.5 Å². The Morgan fingerprint density at radius 2 is 1.82 bits per heavy atom. The first-order valence-corrected chi connectivity index (χ1v) is 9.78.